The normalized spacial score (nSPS) is 12.0. The van der Waals surface area contributed by atoms with Gasteiger partial charge in [-0.05, 0) is 24.4 Å². The van der Waals surface area contributed by atoms with Crippen molar-refractivity contribution in [2.75, 3.05) is 26.0 Å². The lowest BCUT2D eigenvalue weighted by molar-refractivity contribution is -0.890. The quantitative estimate of drug-likeness (QED) is 0.737. The minimum absolute atomic E-state index is 0.265. The third-order valence-corrected chi connectivity index (χ3v) is 3.73. The van der Waals surface area contributed by atoms with Crippen LogP contribution in [0.5, 0.6) is 0 Å². The summed E-state index contributed by atoms with van der Waals surface area (Å²) in [5.41, 5.74) is 1.62. The van der Waals surface area contributed by atoms with Gasteiger partial charge in [0.05, 0.1) is 26.3 Å². The summed E-state index contributed by atoms with van der Waals surface area (Å²) in [6.07, 6.45) is 0. The fourth-order valence-electron chi connectivity index (χ4n) is 2.26. The van der Waals surface area contributed by atoms with E-state index in [1.54, 1.807) is 18.2 Å². The van der Waals surface area contributed by atoms with Gasteiger partial charge in [0.1, 0.15) is 11.9 Å². The van der Waals surface area contributed by atoms with Crippen LogP contribution >= 0.6 is 12.2 Å². The number of nitrogens with one attached hydrogen (secondary N) is 3. The van der Waals surface area contributed by atoms with E-state index in [4.69, 9.17) is 12.2 Å². The molecule has 0 bridgehead atoms. The molecule has 0 fully saturated rings. The number of halogens is 1. The standard InChI is InChI=1S/C17H20FN3S/c1-21(2)16(13-8-4-3-5-9-13)12-19-17(22)20-15-11-7-6-10-14(15)18/h3-11,16H,12H2,1-2H3,(H2,19,20,22)/p+1/t16-/m1/s1. The number of hydrogen-bond acceptors (Lipinski definition) is 1. The van der Waals surface area contributed by atoms with E-state index >= 15 is 0 Å². The van der Waals surface area contributed by atoms with Gasteiger partial charge in [-0.25, -0.2) is 4.39 Å². The zero-order chi connectivity index (χ0) is 15.9. The molecule has 0 aliphatic heterocycles. The molecule has 2 aromatic carbocycles. The molecule has 1 atom stereocenters. The van der Waals surface area contributed by atoms with E-state index in [0.29, 0.717) is 17.3 Å². The fourth-order valence-corrected chi connectivity index (χ4v) is 2.46. The summed E-state index contributed by atoms with van der Waals surface area (Å²) < 4.78 is 13.6. The number of para-hydroxylation sites is 1. The van der Waals surface area contributed by atoms with Crippen LogP contribution in [-0.4, -0.2) is 25.8 Å². The van der Waals surface area contributed by atoms with Crippen molar-refractivity contribution < 1.29 is 9.29 Å². The molecule has 0 saturated carbocycles. The summed E-state index contributed by atoms with van der Waals surface area (Å²) in [5, 5.41) is 6.49. The Morgan fingerprint density at radius 1 is 1.09 bits per heavy atom. The van der Waals surface area contributed by atoms with Gasteiger partial charge in [-0.15, -0.1) is 0 Å². The SMILES string of the molecule is C[NH+](C)[C@H](CNC(=S)Nc1ccccc1F)c1ccccc1. The predicted molar refractivity (Wildman–Crippen MR) is 92.6 cm³/mol. The average molecular weight is 318 g/mol. The third kappa shape index (κ3) is 4.51. The Bertz CT molecular complexity index is 616. The third-order valence-electron chi connectivity index (χ3n) is 3.49. The number of likely N-dealkylation sites (N-methyl/N-ethyl adjacent to an activating group) is 1. The molecule has 0 amide bonds. The molecule has 2 rings (SSSR count). The van der Waals surface area contributed by atoms with Crippen LogP contribution < -0.4 is 15.5 Å². The van der Waals surface area contributed by atoms with E-state index in [1.807, 2.05) is 18.2 Å². The van der Waals surface area contributed by atoms with E-state index in [2.05, 4.69) is 36.9 Å². The molecular formula is C17H21FN3S+. The minimum Gasteiger partial charge on any atom is -0.356 e. The highest BCUT2D eigenvalue weighted by molar-refractivity contribution is 7.80. The predicted octanol–water partition coefficient (Wildman–Crippen LogP) is 2.00. The van der Waals surface area contributed by atoms with E-state index in [1.165, 1.54) is 16.5 Å². The van der Waals surface area contributed by atoms with E-state index < -0.39 is 0 Å². The van der Waals surface area contributed by atoms with Crippen LogP contribution in [0.3, 0.4) is 0 Å². The molecule has 5 heteroatoms. The maximum atomic E-state index is 13.6. The molecule has 0 aliphatic rings. The molecule has 116 valence electrons. The molecule has 22 heavy (non-hydrogen) atoms. The maximum Gasteiger partial charge on any atom is 0.171 e. The number of hydrogen-bond donors (Lipinski definition) is 3. The largest absolute Gasteiger partial charge is 0.356 e. The van der Waals surface area contributed by atoms with Crippen LogP contribution in [0.15, 0.2) is 54.6 Å². The topological polar surface area (TPSA) is 28.5 Å². The van der Waals surface area contributed by atoms with Gasteiger partial charge in [0.25, 0.3) is 0 Å². The van der Waals surface area contributed by atoms with Crippen LogP contribution in [0, 0.1) is 5.82 Å². The Morgan fingerprint density at radius 3 is 2.36 bits per heavy atom. The molecule has 3 nitrogen and oxygen atoms in total. The Kier molecular flexibility index (Phi) is 5.86. The highest BCUT2D eigenvalue weighted by Crippen LogP contribution is 2.12. The Hall–Kier alpha value is -1.98. The highest BCUT2D eigenvalue weighted by Gasteiger charge is 2.17. The van der Waals surface area contributed by atoms with Gasteiger partial charge < -0.3 is 15.5 Å². The fraction of sp³-hybridized carbons (Fsp3) is 0.235. The summed E-state index contributed by atoms with van der Waals surface area (Å²) in [4.78, 5) is 1.30. The Labute approximate surface area is 136 Å². The molecule has 0 saturated heterocycles. The minimum atomic E-state index is -0.315. The van der Waals surface area contributed by atoms with Crippen molar-refractivity contribution in [1.29, 1.82) is 0 Å². The summed E-state index contributed by atoms with van der Waals surface area (Å²) >= 11 is 5.25. The maximum absolute atomic E-state index is 13.6. The monoisotopic (exact) mass is 318 g/mol. The molecular weight excluding hydrogens is 297 g/mol. The summed E-state index contributed by atoms with van der Waals surface area (Å²) in [6.45, 7) is 0.673. The first-order valence-corrected chi connectivity index (χ1v) is 7.63. The summed E-state index contributed by atoms with van der Waals surface area (Å²) in [7, 11) is 4.21. The second kappa shape index (κ2) is 7.87. The lowest BCUT2D eigenvalue weighted by Gasteiger charge is -2.23. The Balaban J connectivity index is 1.95. The molecule has 0 radical (unpaired) electrons. The van der Waals surface area contributed by atoms with E-state index in [9.17, 15) is 4.39 Å². The number of anilines is 1. The molecule has 0 unspecified atom stereocenters. The zero-order valence-electron chi connectivity index (χ0n) is 12.8. The van der Waals surface area contributed by atoms with Gasteiger partial charge in [-0.1, -0.05) is 42.5 Å². The summed E-state index contributed by atoms with van der Waals surface area (Å²) in [5.74, 6) is -0.315. The van der Waals surface area contributed by atoms with Crippen LogP contribution in [-0.2, 0) is 0 Å². The molecule has 0 aliphatic carbocycles. The van der Waals surface area contributed by atoms with Gasteiger partial charge in [0.15, 0.2) is 5.11 Å². The van der Waals surface area contributed by atoms with Crippen LogP contribution in [0.25, 0.3) is 0 Å². The second-order valence-corrected chi connectivity index (χ2v) is 5.76. The van der Waals surface area contributed by atoms with Crippen LogP contribution in [0.4, 0.5) is 10.1 Å². The van der Waals surface area contributed by atoms with Gasteiger partial charge >= 0.3 is 0 Å². The second-order valence-electron chi connectivity index (χ2n) is 5.36. The molecule has 0 spiro atoms. The zero-order valence-corrected chi connectivity index (χ0v) is 13.6. The van der Waals surface area contributed by atoms with Crippen molar-refractivity contribution in [3.05, 3.63) is 66.0 Å². The van der Waals surface area contributed by atoms with Gasteiger partial charge in [0.2, 0.25) is 0 Å². The number of rotatable bonds is 5. The Morgan fingerprint density at radius 2 is 1.73 bits per heavy atom. The summed E-state index contributed by atoms with van der Waals surface area (Å²) in [6, 6.07) is 17.0. The van der Waals surface area contributed by atoms with E-state index in [0.717, 1.165) is 0 Å². The van der Waals surface area contributed by atoms with Crippen molar-refractivity contribution in [3.63, 3.8) is 0 Å². The first-order chi connectivity index (χ1) is 10.6. The molecule has 0 heterocycles. The number of thiocarbonyl (C=S) groups is 1. The lowest BCUT2D eigenvalue weighted by Crippen LogP contribution is -3.07. The number of benzene rings is 2. The van der Waals surface area contributed by atoms with Crippen molar-refractivity contribution in [2.24, 2.45) is 0 Å². The molecule has 2 aromatic rings. The molecule has 3 N–H and O–H groups in total. The van der Waals surface area contributed by atoms with E-state index in [-0.39, 0.29) is 11.9 Å². The van der Waals surface area contributed by atoms with Crippen LogP contribution in [0.1, 0.15) is 11.6 Å². The smallest absolute Gasteiger partial charge is 0.171 e. The first-order valence-electron chi connectivity index (χ1n) is 7.22. The lowest BCUT2D eigenvalue weighted by atomic mass is 10.1. The van der Waals surface area contributed by atoms with Gasteiger partial charge in [-0.3, -0.25) is 0 Å². The molecule has 0 aromatic heterocycles. The highest BCUT2D eigenvalue weighted by atomic mass is 32.1. The average Bonchev–Trinajstić information content (AvgIpc) is 2.50. The van der Waals surface area contributed by atoms with Crippen molar-refractivity contribution in [3.8, 4) is 0 Å². The van der Waals surface area contributed by atoms with Gasteiger partial charge in [0, 0.05) is 5.56 Å². The van der Waals surface area contributed by atoms with Crippen molar-refractivity contribution in [2.45, 2.75) is 6.04 Å². The van der Waals surface area contributed by atoms with Crippen molar-refractivity contribution >= 4 is 23.0 Å². The first kappa shape index (κ1) is 16.4. The van der Waals surface area contributed by atoms with Gasteiger partial charge in [-0.2, -0.15) is 0 Å². The van der Waals surface area contributed by atoms with Crippen LogP contribution in [0.2, 0.25) is 0 Å². The number of quaternary nitrogens is 1. The van der Waals surface area contributed by atoms with Crippen molar-refractivity contribution in [1.82, 2.24) is 5.32 Å².